The minimum absolute atomic E-state index is 0.0497. The number of hydrogen-bond acceptors (Lipinski definition) is 6. The van der Waals surface area contributed by atoms with Crippen molar-refractivity contribution >= 4 is 40.1 Å². The zero-order chi connectivity index (χ0) is 18.5. The van der Waals surface area contributed by atoms with Gasteiger partial charge in [0.1, 0.15) is 5.15 Å². The SMILES string of the molecule is NC=C(C=NCc1ccc([N+](=O)[O-])cc1)c1cnc2ccc(Cl)nc2c1. The Labute approximate surface area is 154 Å². The smallest absolute Gasteiger partial charge is 0.269 e. The normalized spacial score (nSPS) is 12.0. The molecule has 26 heavy (non-hydrogen) atoms. The zero-order valence-corrected chi connectivity index (χ0v) is 14.3. The van der Waals surface area contributed by atoms with E-state index < -0.39 is 4.92 Å². The fraction of sp³-hybridized carbons (Fsp3) is 0.0556. The summed E-state index contributed by atoms with van der Waals surface area (Å²) >= 11 is 5.92. The molecule has 0 atom stereocenters. The second-order valence-corrected chi connectivity index (χ2v) is 5.80. The first-order chi connectivity index (χ1) is 12.6. The molecule has 0 radical (unpaired) electrons. The summed E-state index contributed by atoms with van der Waals surface area (Å²) in [5.41, 5.74) is 9.46. The Morgan fingerprint density at radius 3 is 2.69 bits per heavy atom. The fourth-order valence-corrected chi connectivity index (χ4v) is 2.48. The van der Waals surface area contributed by atoms with Crippen LogP contribution in [0.15, 0.2) is 59.9 Å². The molecule has 0 aliphatic carbocycles. The molecule has 130 valence electrons. The van der Waals surface area contributed by atoms with Gasteiger partial charge in [0, 0.05) is 41.9 Å². The minimum Gasteiger partial charge on any atom is -0.404 e. The van der Waals surface area contributed by atoms with Crippen molar-refractivity contribution in [1.82, 2.24) is 9.97 Å². The van der Waals surface area contributed by atoms with Crippen molar-refractivity contribution in [2.24, 2.45) is 10.7 Å². The van der Waals surface area contributed by atoms with Crippen LogP contribution in [0.5, 0.6) is 0 Å². The second-order valence-electron chi connectivity index (χ2n) is 5.41. The molecule has 0 spiro atoms. The van der Waals surface area contributed by atoms with Crippen LogP contribution in [0.2, 0.25) is 5.15 Å². The molecule has 0 amide bonds. The van der Waals surface area contributed by atoms with Crippen molar-refractivity contribution in [1.29, 1.82) is 0 Å². The van der Waals surface area contributed by atoms with E-state index >= 15 is 0 Å². The maximum atomic E-state index is 10.7. The average Bonchev–Trinajstić information content (AvgIpc) is 2.65. The quantitative estimate of drug-likeness (QED) is 0.319. The standard InChI is InChI=1S/C18H14ClN5O2/c19-18-6-5-16-17(23-18)7-13(11-22-16)14(8-20)10-21-9-12-1-3-15(4-2-12)24(25)26/h1-8,10-11H,9,20H2. The van der Waals surface area contributed by atoms with Crippen LogP contribution in [0.3, 0.4) is 0 Å². The number of nitrogens with two attached hydrogens (primary N) is 1. The van der Waals surface area contributed by atoms with Gasteiger partial charge in [0.15, 0.2) is 0 Å². The molecule has 0 saturated heterocycles. The van der Waals surface area contributed by atoms with Gasteiger partial charge in [-0.15, -0.1) is 0 Å². The Morgan fingerprint density at radius 2 is 2.00 bits per heavy atom. The molecule has 7 nitrogen and oxygen atoms in total. The molecule has 2 N–H and O–H groups in total. The minimum atomic E-state index is -0.435. The Kier molecular flexibility index (Phi) is 5.19. The van der Waals surface area contributed by atoms with Crippen molar-refractivity contribution in [2.75, 3.05) is 0 Å². The van der Waals surface area contributed by atoms with Crippen molar-refractivity contribution < 1.29 is 4.92 Å². The summed E-state index contributed by atoms with van der Waals surface area (Å²) in [6.07, 6.45) is 4.76. The predicted molar refractivity (Wildman–Crippen MR) is 102 cm³/mol. The first-order valence-electron chi connectivity index (χ1n) is 7.64. The number of nitro benzene ring substituents is 1. The molecule has 0 aliphatic rings. The number of aromatic nitrogens is 2. The maximum absolute atomic E-state index is 10.7. The molecule has 8 heteroatoms. The average molecular weight is 368 g/mol. The van der Waals surface area contributed by atoms with E-state index in [9.17, 15) is 10.1 Å². The summed E-state index contributed by atoms with van der Waals surface area (Å²) in [5.74, 6) is 0. The third-order valence-electron chi connectivity index (χ3n) is 3.67. The topological polar surface area (TPSA) is 107 Å². The highest BCUT2D eigenvalue weighted by atomic mass is 35.5. The van der Waals surface area contributed by atoms with E-state index in [1.165, 1.54) is 18.3 Å². The van der Waals surface area contributed by atoms with E-state index in [4.69, 9.17) is 17.3 Å². The van der Waals surface area contributed by atoms with Gasteiger partial charge in [-0.1, -0.05) is 23.7 Å². The van der Waals surface area contributed by atoms with E-state index in [1.807, 2.05) is 6.07 Å². The van der Waals surface area contributed by atoms with E-state index in [0.29, 0.717) is 22.8 Å². The number of pyridine rings is 2. The number of aliphatic imine (C=N–C) groups is 1. The molecule has 2 aromatic heterocycles. The number of allylic oxidation sites excluding steroid dienone is 1. The van der Waals surface area contributed by atoms with Gasteiger partial charge in [0.05, 0.1) is 22.5 Å². The Bertz CT molecular complexity index is 1020. The van der Waals surface area contributed by atoms with E-state index in [1.54, 1.807) is 36.7 Å². The summed E-state index contributed by atoms with van der Waals surface area (Å²) in [6, 6.07) is 11.6. The van der Waals surface area contributed by atoms with Crippen LogP contribution in [-0.2, 0) is 6.54 Å². The molecular weight excluding hydrogens is 354 g/mol. The van der Waals surface area contributed by atoms with Gasteiger partial charge in [-0.2, -0.15) is 0 Å². The van der Waals surface area contributed by atoms with Gasteiger partial charge in [-0.25, -0.2) is 4.98 Å². The van der Waals surface area contributed by atoms with Crippen LogP contribution in [0.4, 0.5) is 5.69 Å². The molecule has 0 aliphatic heterocycles. The van der Waals surface area contributed by atoms with Crippen LogP contribution in [-0.4, -0.2) is 21.1 Å². The lowest BCUT2D eigenvalue weighted by Gasteiger charge is -2.03. The lowest BCUT2D eigenvalue weighted by Crippen LogP contribution is -1.95. The van der Waals surface area contributed by atoms with Gasteiger partial charge in [0.2, 0.25) is 0 Å². The summed E-state index contributed by atoms with van der Waals surface area (Å²) in [4.78, 5) is 23.1. The third-order valence-corrected chi connectivity index (χ3v) is 3.88. The van der Waals surface area contributed by atoms with Crippen molar-refractivity contribution in [2.45, 2.75) is 6.54 Å². The highest BCUT2D eigenvalue weighted by Crippen LogP contribution is 2.19. The summed E-state index contributed by atoms with van der Waals surface area (Å²) in [5, 5.41) is 11.1. The van der Waals surface area contributed by atoms with Gasteiger partial charge < -0.3 is 5.73 Å². The third kappa shape index (κ3) is 4.01. The molecule has 0 bridgehead atoms. The summed E-state index contributed by atoms with van der Waals surface area (Å²) in [6.45, 7) is 0.375. The second kappa shape index (κ2) is 7.71. The first-order valence-corrected chi connectivity index (χ1v) is 8.02. The number of hydrogen-bond donors (Lipinski definition) is 1. The number of benzene rings is 1. The number of halogens is 1. The van der Waals surface area contributed by atoms with Gasteiger partial charge >= 0.3 is 0 Å². The molecule has 0 saturated carbocycles. The molecule has 0 unspecified atom stereocenters. The van der Waals surface area contributed by atoms with Crippen LogP contribution in [0.25, 0.3) is 16.6 Å². The molecule has 1 aromatic carbocycles. The van der Waals surface area contributed by atoms with Crippen LogP contribution in [0, 0.1) is 10.1 Å². The lowest BCUT2D eigenvalue weighted by molar-refractivity contribution is -0.384. The zero-order valence-electron chi connectivity index (χ0n) is 13.5. The Hall–Kier alpha value is -3.32. The van der Waals surface area contributed by atoms with Crippen LogP contribution < -0.4 is 5.73 Å². The molecule has 0 fully saturated rings. The van der Waals surface area contributed by atoms with Crippen LogP contribution >= 0.6 is 11.6 Å². The number of fused-ring (bicyclic) bond motifs is 1. The lowest BCUT2D eigenvalue weighted by atomic mass is 10.1. The van der Waals surface area contributed by atoms with Gasteiger partial charge in [-0.3, -0.25) is 20.1 Å². The number of nitrogens with zero attached hydrogens (tertiary/aromatic N) is 4. The van der Waals surface area contributed by atoms with E-state index in [-0.39, 0.29) is 5.69 Å². The molecule has 3 rings (SSSR count). The first kappa shape index (κ1) is 17.5. The summed E-state index contributed by atoms with van der Waals surface area (Å²) in [7, 11) is 0. The monoisotopic (exact) mass is 367 g/mol. The largest absolute Gasteiger partial charge is 0.404 e. The number of non-ortho nitro benzene ring substituents is 1. The van der Waals surface area contributed by atoms with Crippen molar-refractivity contribution in [3.63, 3.8) is 0 Å². The highest BCUT2D eigenvalue weighted by Gasteiger charge is 2.05. The van der Waals surface area contributed by atoms with Gasteiger partial charge in [0.25, 0.3) is 5.69 Å². The Morgan fingerprint density at radius 1 is 1.23 bits per heavy atom. The number of rotatable bonds is 5. The Balaban J connectivity index is 1.76. The van der Waals surface area contributed by atoms with Crippen LogP contribution in [0.1, 0.15) is 11.1 Å². The fourth-order valence-electron chi connectivity index (χ4n) is 2.33. The molecular formula is C18H14ClN5O2. The summed E-state index contributed by atoms with van der Waals surface area (Å²) < 4.78 is 0. The van der Waals surface area contributed by atoms with Crippen molar-refractivity contribution in [3.8, 4) is 0 Å². The maximum Gasteiger partial charge on any atom is 0.269 e. The van der Waals surface area contributed by atoms with Gasteiger partial charge in [-0.05, 0) is 23.8 Å². The highest BCUT2D eigenvalue weighted by molar-refractivity contribution is 6.29. The molecule has 2 heterocycles. The van der Waals surface area contributed by atoms with E-state index in [2.05, 4.69) is 15.0 Å². The predicted octanol–water partition coefficient (Wildman–Crippen LogP) is 3.76. The van der Waals surface area contributed by atoms with Crippen molar-refractivity contribution in [3.05, 3.63) is 81.3 Å². The molecule has 3 aromatic rings. The van der Waals surface area contributed by atoms with E-state index in [0.717, 1.165) is 16.6 Å². The number of nitro groups is 1.